The summed E-state index contributed by atoms with van der Waals surface area (Å²) in [6, 6.07) is 14.4. The quantitative estimate of drug-likeness (QED) is 0.378. The number of hydrogen-bond acceptors (Lipinski definition) is 6. The molecule has 0 aliphatic heterocycles. The number of rotatable bonds is 7. The van der Waals surface area contributed by atoms with Crippen LogP contribution in [-0.4, -0.2) is 29.5 Å². The fraction of sp³-hybridized carbons (Fsp3) is 0.208. The molecular weight excluding hydrogens is 461 g/mol. The van der Waals surface area contributed by atoms with Crippen LogP contribution < -0.4 is 4.90 Å². The fourth-order valence-electron chi connectivity index (χ4n) is 3.28. The Hall–Kier alpha value is -3.17. The average molecular weight is 484 g/mol. The third kappa shape index (κ3) is 5.09. The number of amides is 1. The molecule has 0 radical (unpaired) electrons. The molecule has 0 saturated heterocycles. The molecule has 2 heterocycles. The van der Waals surface area contributed by atoms with Gasteiger partial charge in [0.2, 0.25) is 5.91 Å². The first kappa shape index (κ1) is 23.0. The van der Waals surface area contributed by atoms with E-state index in [1.807, 2.05) is 6.07 Å². The number of carbonyl (C=O) groups excluding carboxylic acids is 1. The van der Waals surface area contributed by atoms with Gasteiger partial charge in [0.25, 0.3) is 0 Å². The Kier molecular flexibility index (Phi) is 6.53. The number of nitrogens with zero attached hydrogens (tertiary/aromatic N) is 3. The van der Waals surface area contributed by atoms with E-state index in [-0.39, 0.29) is 29.6 Å². The summed E-state index contributed by atoms with van der Waals surface area (Å²) < 4.78 is 39.0. The van der Waals surface area contributed by atoms with Gasteiger partial charge < -0.3 is 0 Å². The Labute approximate surface area is 195 Å². The SMILES string of the molecule is CC(C)S(=O)(=O)c1ccc(CC(=O)N(Cc2cccnc2)c2nc3ccc(F)cc3s2)cc1. The number of halogens is 1. The molecule has 0 atom stereocenters. The molecule has 0 spiro atoms. The van der Waals surface area contributed by atoms with Crippen molar-refractivity contribution in [3.8, 4) is 0 Å². The molecule has 1 amide bonds. The van der Waals surface area contributed by atoms with Crippen LogP contribution in [0.25, 0.3) is 10.2 Å². The second-order valence-electron chi connectivity index (χ2n) is 7.86. The first-order valence-corrected chi connectivity index (χ1v) is 12.7. The van der Waals surface area contributed by atoms with Gasteiger partial charge in [-0.05, 0) is 61.4 Å². The topological polar surface area (TPSA) is 80.2 Å². The van der Waals surface area contributed by atoms with Crippen molar-refractivity contribution in [3.63, 3.8) is 0 Å². The molecule has 0 aliphatic carbocycles. The molecule has 2 aromatic heterocycles. The lowest BCUT2D eigenvalue weighted by molar-refractivity contribution is -0.118. The predicted octanol–water partition coefficient (Wildman–Crippen LogP) is 4.79. The summed E-state index contributed by atoms with van der Waals surface area (Å²) in [5.74, 6) is -0.572. The van der Waals surface area contributed by atoms with Gasteiger partial charge in [0.1, 0.15) is 5.82 Å². The number of anilines is 1. The summed E-state index contributed by atoms with van der Waals surface area (Å²) >= 11 is 1.24. The minimum absolute atomic E-state index is 0.0621. The van der Waals surface area contributed by atoms with Crippen LogP contribution in [0.2, 0.25) is 0 Å². The highest BCUT2D eigenvalue weighted by atomic mass is 32.2. The molecule has 170 valence electrons. The summed E-state index contributed by atoms with van der Waals surface area (Å²) in [5, 5.41) is -0.0627. The van der Waals surface area contributed by atoms with Gasteiger partial charge in [-0.3, -0.25) is 14.7 Å². The van der Waals surface area contributed by atoms with Crippen LogP contribution in [0.1, 0.15) is 25.0 Å². The van der Waals surface area contributed by atoms with E-state index in [2.05, 4.69) is 9.97 Å². The lowest BCUT2D eigenvalue weighted by Crippen LogP contribution is -2.31. The first-order chi connectivity index (χ1) is 15.7. The van der Waals surface area contributed by atoms with Gasteiger partial charge in [0.05, 0.1) is 33.3 Å². The largest absolute Gasteiger partial charge is 0.283 e. The van der Waals surface area contributed by atoms with E-state index in [9.17, 15) is 17.6 Å². The van der Waals surface area contributed by atoms with E-state index < -0.39 is 15.1 Å². The van der Waals surface area contributed by atoms with Gasteiger partial charge in [0, 0.05) is 12.4 Å². The Balaban J connectivity index is 1.63. The molecule has 9 heteroatoms. The van der Waals surface area contributed by atoms with Crippen LogP contribution in [-0.2, 0) is 27.6 Å². The molecule has 2 aromatic carbocycles. The number of aromatic nitrogens is 2. The zero-order chi connectivity index (χ0) is 23.6. The molecule has 0 aliphatic rings. The number of hydrogen-bond donors (Lipinski definition) is 0. The van der Waals surface area contributed by atoms with Crippen molar-refractivity contribution in [1.82, 2.24) is 9.97 Å². The van der Waals surface area contributed by atoms with Gasteiger partial charge in [-0.15, -0.1) is 0 Å². The molecule has 4 rings (SSSR count). The third-order valence-electron chi connectivity index (χ3n) is 5.16. The summed E-state index contributed by atoms with van der Waals surface area (Å²) in [7, 11) is -3.38. The van der Waals surface area contributed by atoms with E-state index in [4.69, 9.17) is 0 Å². The maximum Gasteiger partial charge on any atom is 0.233 e. The Morgan fingerprint density at radius 3 is 2.52 bits per heavy atom. The van der Waals surface area contributed by atoms with Gasteiger partial charge in [-0.2, -0.15) is 0 Å². The fourth-order valence-corrected chi connectivity index (χ4v) is 5.34. The number of pyridine rings is 1. The third-order valence-corrected chi connectivity index (χ3v) is 8.37. The summed E-state index contributed by atoms with van der Waals surface area (Å²) in [5.41, 5.74) is 2.13. The van der Waals surface area contributed by atoms with E-state index in [0.29, 0.717) is 20.9 Å². The van der Waals surface area contributed by atoms with Gasteiger partial charge in [-0.1, -0.05) is 29.5 Å². The van der Waals surface area contributed by atoms with Crippen molar-refractivity contribution >= 4 is 42.4 Å². The average Bonchev–Trinajstić information content (AvgIpc) is 3.21. The van der Waals surface area contributed by atoms with Gasteiger partial charge in [0.15, 0.2) is 15.0 Å². The number of fused-ring (bicyclic) bond motifs is 1. The Morgan fingerprint density at radius 2 is 1.85 bits per heavy atom. The monoisotopic (exact) mass is 483 g/mol. The van der Waals surface area contributed by atoms with E-state index in [1.54, 1.807) is 55.4 Å². The molecule has 0 fully saturated rings. The maximum absolute atomic E-state index is 13.7. The van der Waals surface area contributed by atoms with Crippen LogP contribution in [0.4, 0.5) is 9.52 Å². The molecule has 0 saturated carbocycles. The van der Waals surface area contributed by atoms with Crippen LogP contribution >= 0.6 is 11.3 Å². The predicted molar refractivity (Wildman–Crippen MR) is 127 cm³/mol. The van der Waals surface area contributed by atoms with Crippen molar-refractivity contribution in [2.24, 2.45) is 0 Å². The van der Waals surface area contributed by atoms with Crippen molar-refractivity contribution < 1.29 is 17.6 Å². The number of sulfone groups is 1. The molecule has 33 heavy (non-hydrogen) atoms. The summed E-state index contributed by atoms with van der Waals surface area (Å²) in [4.78, 5) is 23.8. The lowest BCUT2D eigenvalue weighted by atomic mass is 10.1. The van der Waals surface area contributed by atoms with Crippen LogP contribution in [0.3, 0.4) is 0 Å². The molecule has 0 bridgehead atoms. The first-order valence-electron chi connectivity index (χ1n) is 10.3. The van der Waals surface area contributed by atoms with Crippen molar-refractivity contribution in [2.75, 3.05) is 4.90 Å². The van der Waals surface area contributed by atoms with Crippen LogP contribution in [0.5, 0.6) is 0 Å². The van der Waals surface area contributed by atoms with E-state index in [1.165, 1.54) is 35.6 Å². The number of thiazole rings is 1. The van der Waals surface area contributed by atoms with E-state index >= 15 is 0 Å². The summed E-state index contributed by atoms with van der Waals surface area (Å²) in [6.45, 7) is 3.52. The lowest BCUT2D eigenvalue weighted by Gasteiger charge is -2.20. The van der Waals surface area contributed by atoms with Gasteiger partial charge >= 0.3 is 0 Å². The van der Waals surface area contributed by atoms with Crippen LogP contribution in [0, 0.1) is 5.82 Å². The zero-order valence-electron chi connectivity index (χ0n) is 18.1. The standard InChI is InChI=1S/C24H22FN3O3S2/c1-16(2)33(30,31)20-8-5-17(6-9-20)12-23(29)28(15-18-4-3-11-26-14-18)24-27-21-10-7-19(25)13-22(21)32-24/h3-11,13-14,16H,12,15H2,1-2H3. The highest BCUT2D eigenvalue weighted by Gasteiger charge is 2.22. The molecular formula is C24H22FN3O3S2. The smallest absolute Gasteiger partial charge is 0.233 e. The minimum Gasteiger partial charge on any atom is -0.283 e. The Morgan fingerprint density at radius 1 is 1.09 bits per heavy atom. The molecule has 0 N–H and O–H groups in total. The zero-order valence-corrected chi connectivity index (χ0v) is 19.7. The van der Waals surface area contributed by atoms with E-state index in [0.717, 1.165) is 5.56 Å². The molecule has 6 nitrogen and oxygen atoms in total. The highest BCUT2D eigenvalue weighted by molar-refractivity contribution is 7.92. The molecule has 0 unspecified atom stereocenters. The number of carbonyl (C=O) groups is 1. The highest BCUT2D eigenvalue weighted by Crippen LogP contribution is 2.31. The maximum atomic E-state index is 13.7. The second-order valence-corrected chi connectivity index (χ2v) is 11.4. The minimum atomic E-state index is -3.38. The second kappa shape index (κ2) is 9.36. The molecule has 4 aromatic rings. The summed E-state index contributed by atoms with van der Waals surface area (Å²) in [6.07, 6.45) is 3.40. The Bertz CT molecular complexity index is 1390. The number of benzene rings is 2. The van der Waals surface area contributed by atoms with Crippen molar-refractivity contribution in [2.45, 2.75) is 37.0 Å². The normalized spacial score (nSPS) is 11.8. The van der Waals surface area contributed by atoms with Gasteiger partial charge in [-0.25, -0.2) is 17.8 Å². The van der Waals surface area contributed by atoms with Crippen LogP contribution in [0.15, 0.2) is 71.9 Å². The van der Waals surface area contributed by atoms with Crippen molar-refractivity contribution in [1.29, 1.82) is 0 Å². The van der Waals surface area contributed by atoms with Crippen molar-refractivity contribution in [3.05, 3.63) is 83.9 Å².